The topological polar surface area (TPSA) is 61.0 Å². The molecule has 2 N–H and O–H groups in total. The van der Waals surface area contributed by atoms with Crippen molar-refractivity contribution in [1.29, 1.82) is 0 Å². The van der Waals surface area contributed by atoms with Crippen molar-refractivity contribution in [3.8, 4) is 5.88 Å². The van der Waals surface area contributed by atoms with E-state index in [4.69, 9.17) is 10.5 Å². The zero-order chi connectivity index (χ0) is 9.10. The van der Waals surface area contributed by atoms with E-state index in [2.05, 4.69) is 9.97 Å². The highest BCUT2D eigenvalue weighted by atomic mass is 16.5. The van der Waals surface area contributed by atoms with E-state index in [1.165, 1.54) is 25.6 Å². The monoisotopic (exact) mass is 179 g/mol. The normalized spacial score (nSPS) is 16.6. The van der Waals surface area contributed by atoms with Crippen molar-refractivity contribution in [2.45, 2.75) is 19.3 Å². The first-order valence-corrected chi connectivity index (χ1v) is 4.54. The number of anilines is 1. The second-order valence-corrected chi connectivity index (χ2v) is 3.39. The van der Waals surface area contributed by atoms with Crippen LogP contribution in [-0.4, -0.2) is 16.6 Å². The fourth-order valence-electron chi connectivity index (χ4n) is 1.31. The molecule has 4 heteroatoms. The van der Waals surface area contributed by atoms with Gasteiger partial charge in [0.15, 0.2) is 0 Å². The lowest BCUT2D eigenvalue weighted by Crippen LogP contribution is -2.20. The van der Waals surface area contributed by atoms with Gasteiger partial charge in [-0.2, -0.15) is 0 Å². The van der Waals surface area contributed by atoms with Gasteiger partial charge in [0.2, 0.25) is 5.88 Å². The molecule has 0 bridgehead atoms. The Labute approximate surface area is 77.1 Å². The Bertz CT molecular complexity index is 286. The van der Waals surface area contributed by atoms with Crippen LogP contribution in [0.1, 0.15) is 19.3 Å². The minimum atomic E-state index is 0.516. The van der Waals surface area contributed by atoms with Crippen LogP contribution in [0.4, 0.5) is 5.69 Å². The maximum atomic E-state index is 5.62. The van der Waals surface area contributed by atoms with Crippen LogP contribution in [0.25, 0.3) is 0 Å². The molecular weight excluding hydrogens is 166 g/mol. The smallest absolute Gasteiger partial charge is 0.240 e. The van der Waals surface area contributed by atoms with E-state index in [9.17, 15) is 0 Å². The summed E-state index contributed by atoms with van der Waals surface area (Å²) in [5.41, 5.74) is 6.13. The molecule has 1 aliphatic rings. The molecule has 1 aliphatic carbocycles. The van der Waals surface area contributed by atoms with Gasteiger partial charge in [-0.1, -0.05) is 6.42 Å². The van der Waals surface area contributed by atoms with Crippen LogP contribution in [-0.2, 0) is 0 Å². The van der Waals surface area contributed by atoms with Gasteiger partial charge in [-0.3, -0.25) is 0 Å². The maximum absolute atomic E-state index is 5.62. The van der Waals surface area contributed by atoms with Crippen molar-refractivity contribution in [2.75, 3.05) is 12.3 Å². The molecule has 1 heterocycles. The van der Waals surface area contributed by atoms with Gasteiger partial charge in [0.25, 0.3) is 0 Å². The third-order valence-corrected chi connectivity index (χ3v) is 2.38. The predicted molar refractivity (Wildman–Crippen MR) is 49.3 cm³/mol. The lowest BCUT2D eigenvalue weighted by Gasteiger charge is -2.24. The molecule has 70 valence electrons. The summed E-state index contributed by atoms with van der Waals surface area (Å²) in [6.45, 7) is 0.737. The van der Waals surface area contributed by atoms with Crippen molar-refractivity contribution in [3.05, 3.63) is 12.5 Å². The quantitative estimate of drug-likeness (QED) is 0.758. The number of aromatic nitrogens is 2. The molecule has 1 aromatic rings. The minimum absolute atomic E-state index is 0.516. The van der Waals surface area contributed by atoms with E-state index in [1.54, 1.807) is 6.20 Å². The van der Waals surface area contributed by atoms with Crippen molar-refractivity contribution < 1.29 is 4.74 Å². The summed E-state index contributed by atoms with van der Waals surface area (Å²) in [6.07, 6.45) is 6.87. The molecule has 0 aliphatic heterocycles. The average molecular weight is 179 g/mol. The highest BCUT2D eigenvalue weighted by Gasteiger charge is 2.18. The highest BCUT2D eigenvalue weighted by Crippen LogP contribution is 2.27. The summed E-state index contributed by atoms with van der Waals surface area (Å²) in [5.74, 6) is 1.22. The number of hydrogen-bond acceptors (Lipinski definition) is 4. The van der Waals surface area contributed by atoms with Gasteiger partial charge >= 0.3 is 0 Å². The van der Waals surface area contributed by atoms with Crippen molar-refractivity contribution >= 4 is 5.69 Å². The number of hydrogen-bond donors (Lipinski definition) is 1. The van der Waals surface area contributed by atoms with Crippen LogP contribution in [0.3, 0.4) is 0 Å². The molecule has 0 saturated heterocycles. The van der Waals surface area contributed by atoms with E-state index in [0.29, 0.717) is 17.5 Å². The van der Waals surface area contributed by atoms with E-state index in [0.717, 1.165) is 6.61 Å². The number of nitrogens with two attached hydrogens (primary N) is 1. The SMILES string of the molecule is Nc1cncnc1OCC1CCC1. The number of nitrogen functional groups attached to an aromatic ring is 1. The number of ether oxygens (including phenoxy) is 1. The van der Waals surface area contributed by atoms with Crippen LogP contribution in [0.5, 0.6) is 5.88 Å². The molecule has 2 rings (SSSR count). The van der Waals surface area contributed by atoms with Gasteiger partial charge in [-0.05, 0) is 18.8 Å². The Kier molecular flexibility index (Phi) is 2.29. The number of rotatable bonds is 3. The molecular formula is C9H13N3O. The molecule has 0 atom stereocenters. The Balaban J connectivity index is 1.89. The summed E-state index contributed by atoms with van der Waals surface area (Å²) in [4.78, 5) is 7.74. The molecule has 1 saturated carbocycles. The first-order chi connectivity index (χ1) is 6.36. The van der Waals surface area contributed by atoms with Crippen LogP contribution in [0.15, 0.2) is 12.5 Å². The van der Waals surface area contributed by atoms with Crippen LogP contribution in [0.2, 0.25) is 0 Å². The fraction of sp³-hybridized carbons (Fsp3) is 0.556. The predicted octanol–water partition coefficient (Wildman–Crippen LogP) is 1.24. The van der Waals surface area contributed by atoms with Gasteiger partial charge < -0.3 is 10.5 Å². The van der Waals surface area contributed by atoms with Crippen molar-refractivity contribution in [3.63, 3.8) is 0 Å². The summed E-state index contributed by atoms with van der Waals surface area (Å²) < 4.78 is 5.46. The van der Waals surface area contributed by atoms with E-state index >= 15 is 0 Å². The first-order valence-electron chi connectivity index (χ1n) is 4.54. The van der Waals surface area contributed by atoms with Gasteiger partial charge in [0, 0.05) is 0 Å². The number of nitrogens with zero attached hydrogens (tertiary/aromatic N) is 2. The van der Waals surface area contributed by atoms with E-state index in [1.807, 2.05) is 0 Å². The average Bonchev–Trinajstić information content (AvgIpc) is 2.05. The Morgan fingerprint density at radius 1 is 1.54 bits per heavy atom. The molecule has 4 nitrogen and oxygen atoms in total. The second-order valence-electron chi connectivity index (χ2n) is 3.39. The Morgan fingerprint density at radius 3 is 3.00 bits per heavy atom. The lowest BCUT2D eigenvalue weighted by atomic mass is 9.86. The standard InChI is InChI=1S/C9H13N3O/c10-8-4-11-6-12-9(8)13-5-7-2-1-3-7/h4,6-7H,1-3,5,10H2. The fourth-order valence-corrected chi connectivity index (χ4v) is 1.31. The van der Waals surface area contributed by atoms with Gasteiger partial charge in [0.05, 0.1) is 12.8 Å². The molecule has 0 unspecified atom stereocenters. The highest BCUT2D eigenvalue weighted by molar-refractivity contribution is 5.44. The molecule has 0 amide bonds. The van der Waals surface area contributed by atoms with Crippen LogP contribution in [0, 0.1) is 5.92 Å². The molecule has 1 aromatic heterocycles. The summed E-state index contributed by atoms with van der Waals surface area (Å²) in [6, 6.07) is 0. The summed E-state index contributed by atoms with van der Waals surface area (Å²) in [7, 11) is 0. The third-order valence-electron chi connectivity index (χ3n) is 2.38. The van der Waals surface area contributed by atoms with Gasteiger partial charge in [-0.15, -0.1) is 0 Å². The zero-order valence-electron chi connectivity index (χ0n) is 7.44. The van der Waals surface area contributed by atoms with Gasteiger partial charge in [-0.25, -0.2) is 9.97 Å². The Morgan fingerprint density at radius 2 is 2.38 bits per heavy atom. The lowest BCUT2D eigenvalue weighted by molar-refractivity contribution is 0.176. The zero-order valence-corrected chi connectivity index (χ0v) is 7.44. The molecule has 1 fully saturated rings. The van der Waals surface area contributed by atoms with Crippen molar-refractivity contribution in [1.82, 2.24) is 9.97 Å². The first kappa shape index (κ1) is 8.29. The van der Waals surface area contributed by atoms with Crippen LogP contribution >= 0.6 is 0 Å². The molecule has 0 aromatic carbocycles. The van der Waals surface area contributed by atoms with Crippen molar-refractivity contribution in [2.24, 2.45) is 5.92 Å². The Hall–Kier alpha value is -1.32. The van der Waals surface area contributed by atoms with E-state index < -0.39 is 0 Å². The molecule has 13 heavy (non-hydrogen) atoms. The summed E-state index contributed by atoms with van der Waals surface area (Å²) in [5, 5.41) is 0. The second kappa shape index (κ2) is 3.60. The van der Waals surface area contributed by atoms with Crippen LogP contribution < -0.4 is 10.5 Å². The summed E-state index contributed by atoms with van der Waals surface area (Å²) >= 11 is 0. The minimum Gasteiger partial charge on any atom is -0.476 e. The molecule has 0 radical (unpaired) electrons. The maximum Gasteiger partial charge on any atom is 0.240 e. The molecule has 0 spiro atoms. The third kappa shape index (κ3) is 1.88. The van der Waals surface area contributed by atoms with E-state index in [-0.39, 0.29) is 0 Å². The largest absolute Gasteiger partial charge is 0.476 e. The van der Waals surface area contributed by atoms with Gasteiger partial charge in [0.1, 0.15) is 12.0 Å².